The SMILES string of the molecule is Nc1c(-c2nc(-c3ccc(Cl)cc3)cs2)nnn1-c1cc(F)ccc1F. The molecule has 2 heterocycles. The van der Waals surface area contributed by atoms with Crippen molar-refractivity contribution in [1.82, 2.24) is 20.0 Å². The number of rotatable bonds is 3. The molecule has 26 heavy (non-hydrogen) atoms. The van der Waals surface area contributed by atoms with E-state index >= 15 is 0 Å². The van der Waals surface area contributed by atoms with Gasteiger partial charge in [0.05, 0.1) is 5.69 Å². The number of anilines is 1. The number of thiazole rings is 1. The van der Waals surface area contributed by atoms with Gasteiger partial charge in [0.2, 0.25) is 0 Å². The Morgan fingerprint density at radius 2 is 1.85 bits per heavy atom. The van der Waals surface area contributed by atoms with Crippen LogP contribution < -0.4 is 5.73 Å². The van der Waals surface area contributed by atoms with Gasteiger partial charge in [0, 0.05) is 22.0 Å². The van der Waals surface area contributed by atoms with Gasteiger partial charge in [-0.05, 0) is 24.3 Å². The van der Waals surface area contributed by atoms with E-state index in [1.807, 2.05) is 17.5 Å². The highest BCUT2D eigenvalue weighted by Gasteiger charge is 2.19. The molecule has 4 aromatic rings. The molecule has 2 N–H and O–H groups in total. The second-order valence-electron chi connectivity index (χ2n) is 5.38. The fourth-order valence-corrected chi connectivity index (χ4v) is 3.35. The fraction of sp³-hybridized carbons (Fsp3) is 0. The number of hydrogen-bond donors (Lipinski definition) is 1. The van der Waals surface area contributed by atoms with Crippen LogP contribution in [-0.2, 0) is 0 Å². The summed E-state index contributed by atoms with van der Waals surface area (Å²) >= 11 is 7.22. The molecule has 0 amide bonds. The maximum Gasteiger partial charge on any atom is 0.165 e. The Kier molecular flexibility index (Phi) is 4.14. The van der Waals surface area contributed by atoms with Crippen molar-refractivity contribution in [3.05, 3.63) is 64.5 Å². The summed E-state index contributed by atoms with van der Waals surface area (Å²) in [5.41, 5.74) is 7.86. The standard InChI is InChI=1S/C17H10ClF2N5S/c18-10-3-1-9(2-4-10)13-8-26-17(22-13)15-16(21)25(24-23-15)14-7-11(19)5-6-12(14)20/h1-8H,21H2. The van der Waals surface area contributed by atoms with Crippen LogP contribution >= 0.6 is 22.9 Å². The molecular formula is C17H10ClF2N5S. The van der Waals surface area contributed by atoms with Crippen LogP contribution in [0.15, 0.2) is 47.8 Å². The van der Waals surface area contributed by atoms with Crippen LogP contribution in [0.5, 0.6) is 0 Å². The van der Waals surface area contributed by atoms with Crippen molar-refractivity contribution in [3.63, 3.8) is 0 Å². The first kappa shape index (κ1) is 16.6. The maximum atomic E-state index is 14.0. The number of hydrogen-bond acceptors (Lipinski definition) is 5. The van der Waals surface area contributed by atoms with Gasteiger partial charge in [0.15, 0.2) is 11.5 Å². The second kappa shape index (κ2) is 6.47. The van der Waals surface area contributed by atoms with Gasteiger partial charge in [0.1, 0.15) is 22.3 Å². The molecule has 0 bridgehead atoms. The van der Waals surface area contributed by atoms with Crippen molar-refractivity contribution in [1.29, 1.82) is 0 Å². The molecule has 0 atom stereocenters. The van der Waals surface area contributed by atoms with Gasteiger partial charge in [-0.1, -0.05) is 28.9 Å². The lowest BCUT2D eigenvalue weighted by Crippen LogP contribution is -2.05. The molecule has 0 saturated carbocycles. The maximum absolute atomic E-state index is 14.0. The molecule has 9 heteroatoms. The third kappa shape index (κ3) is 2.93. The highest BCUT2D eigenvalue weighted by Crippen LogP contribution is 2.32. The van der Waals surface area contributed by atoms with E-state index in [0.717, 1.165) is 34.1 Å². The third-order valence-corrected chi connectivity index (χ3v) is 4.79. The average Bonchev–Trinajstić information content (AvgIpc) is 3.24. The van der Waals surface area contributed by atoms with Gasteiger partial charge in [0.25, 0.3) is 0 Å². The zero-order valence-corrected chi connectivity index (χ0v) is 14.6. The number of nitrogen functional groups attached to an aromatic ring is 1. The number of nitrogens with two attached hydrogens (primary N) is 1. The summed E-state index contributed by atoms with van der Waals surface area (Å²) in [5.74, 6) is -1.18. The van der Waals surface area contributed by atoms with E-state index in [2.05, 4.69) is 15.3 Å². The van der Waals surface area contributed by atoms with Crippen molar-refractivity contribution >= 4 is 28.8 Å². The Bertz CT molecular complexity index is 1090. The van der Waals surface area contributed by atoms with Gasteiger partial charge >= 0.3 is 0 Å². The lowest BCUT2D eigenvalue weighted by Gasteiger charge is -2.04. The van der Waals surface area contributed by atoms with Crippen molar-refractivity contribution in [2.45, 2.75) is 0 Å². The number of nitrogens with zero attached hydrogens (tertiary/aromatic N) is 4. The summed E-state index contributed by atoms with van der Waals surface area (Å²) in [7, 11) is 0. The van der Waals surface area contributed by atoms with E-state index < -0.39 is 11.6 Å². The van der Waals surface area contributed by atoms with E-state index in [9.17, 15) is 8.78 Å². The molecular weight excluding hydrogens is 380 g/mol. The molecule has 5 nitrogen and oxygen atoms in total. The molecule has 0 aliphatic rings. The van der Waals surface area contributed by atoms with E-state index in [1.54, 1.807) is 12.1 Å². The summed E-state index contributed by atoms with van der Waals surface area (Å²) in [6.07, 6.45) is 0. The minimum Gasteiger partial charge on any atom is -0.382 e. The van der Waals surface area contributed by atoms with E-state index in [4.69, 9.17) is 17.3 Å². The molecule has 2 aromatic heterocycles. The van der Waals surface area contributed by atoms with Gasteiger partial charge in [-0.3, -0.25) is 0 Å². The number of halogens is 3. The summed E-state index contributed by atoms with van der Waals surface area (Å²) in [6, 6.07) is 10.3. The zero-order chi connectivity index (χ0) is 18.3. The molecule has 4 rings (SSSR count). The lowest BCUT2D eigenvalue weighted by atomic mass is 10.2. The molecule has 0 spiro atoms. The quantitative estimate of drug-likeness (QED) is 0.557. The Labute approximate surface area is 155 Å². The van der Waals surface area contributed by atoms with Crippen LogP contribution in [0.2, 0.25) is 5.02 Å². The normalized spacial score (nSPS) is 11.0. The summed E-state index contributed by atoms with van der Waals surface area (Å²) in [5, 5.41) is 10.8. The molecule has 0 aliphatic carbocycles. The van der Waals surface area contributed by atoms with E-state index in [1.165, 1.54) is 11.3 Å². The molecule has 0 saturated heterocycles. The smallest absolute Gasteiger partial charge is 0.165 e. The average molecular weight is 390 g/mol. The second-order valence-corrected chi connectivity index (χ2v) is 6.67. The highest BCUT2D eigenvalue weighted by atomic mass is 35.5. The summed E-state index contributed by atoms with van der Waals surface area (Å²) < 4.78 is 28.4. The van der Waals surface area contributed by atoms with Crippen molar-refractivity contribution in [3.8, 4) is 27.6 Å². The summed E-state index contributed by atoms with van der Waals surface area (Å²) in [4.78, 5) is 4.50. The zero-order valence-electron chi connectivity index (χ0n) is 13.0. The minimum absolute atomic E-state index is 0.0755. The van der Waals surface area contributed by atoms with Gasteiger partial charge < -0.3 is 5.73 Å². The van der Waals surface area contributed by atoms with E-state index in [-0.39, 0.29) is 11.5 Å². The van der Waals surface area contributed by atoms with Crippen molar-refractivity contribution in [2.75, 3.05) is 5.73 Å². The Balaban J connectivity index is 1.73. The van der Waals surface area contributed by atoms with Crippen LogP contribution in [-0.4, -0.2) is 20.0 Å². The number of aromatic nitrogens is 4. The molecule has 0 aliphatic heterocycles. The fourth-order valence-electron chi connectivity index (χ4n) is 2.40. The third-order valence-electron chi connectivity index (χ3n) is 3.69. The van der Waals surface area contributed by atoms with Gasteiger partial charge in [-0.25, -0.2) is 13.8 Å². The Morgan fingerprint density at radius 3 is 2.62 bits per heavy atom. The van der Waals surface area contributed by atoms with Crippen LogP contribution in [0.3, 0.4) is 0 Å². The van der Waals surface area contributed by atoms with Crippen molar-refractivity contribution in [2.24, 2.45) is 0 Å². The van der Waals surface area contributed by atoms with Gasteiger partial charge in [-0.15, -0.1) is 16.4 Å². The molecule has 0 unspecified atom stereocenters. The first-order valence-electron chi connectivity index (χ1n) is 7.41. The first-order chi connectivity index (χ1) is 12.5. The van der Waals surface area contributed by atoms with Crippen LogP contribution in [0, 0.1) is 11.6 Å². The molecule has 0 fully saturated rings. The predicted molar refractivity (Wildman–Crippen MR) is 97.2 cm³/mol. The van der Waals surface area contributed by atoms with Crippen LogP contribution in [0.25, 0.3) is 27.6 Å². The predicted octanol–water partition coefficient (Wildman–Crippen LogP) is 4.57. The topological polar surface area (TPSA) is 69.6 Å². The lowest BCUT2D eigenvalue weighted by molar-refractivity contribution is 0.585. The highest BCUT2D eigenvalue weighted by molar-refractivity contribution is 7.13. The van der Waals surface area contributed by atoms with Gasteiger partial charge in [-0.2, -0.15) is 4.68 Å². The van der Waals surface area contributed by atoms with Crippen LogP contribution in [0.4, 0.5) is 14.6 Å². The Morgan fingerprint density at radius 1 is 1.08 bits per heavy atom. The Hall–Kier alpha value is -2.84. The molecule has 2 aromatic carbocycles. The first-order valence-corrected chi connectivity index (χ1v) is 8.67. The minimum atomic E-state index is -0.657. The van der Waals surface area contributed by atoms with E-state index in [0.29, 0.717) is 15.7 Å². The van der Waals surface area contributed by atoms with Crippen LogP contribution in [0.1, 0.15) is 0 Å². The number of benzene rings is 2. The van der Waals surface area contributed by atoms with Crippen molar-refractivity contribution < 1.29 is 8.78 Å². The monoisotopic (exact) mass is 389 g/mol. The molecule has 130 valence electrons. The largest absolute Gasteiger partial charge is 0.382 e. The molecule has 0 radical (unpaired) electrons. The summed E-state index contributed by atoms with van der Waals surface area (Å²) in [6.45, 7) is 0.